The van der Waals surface area contributed by atoms with Gasteiger partial charge in [-0.3, -0.25) is 14.2 Å². The molecule has 1 aromatic heterocycles. The van der Waals surface area contributed by atoms with E-state index in [1.807, 2.05) is 30.3 Å². The van der Waals surface area contributed by atoms with Gasteiger partial charge in [-0.1, -0.05) is 34.1 Å². The lowest BCUT2D eigenvalue weighted by atomic mass is 10.2. The number of nitriles is 1. The van der Waals surface area contributed by atoms with E-state index in [0.717, 1.165) is 34.2 Å². The van der Waals surface area contributed by atoms with Crippen LogP contribution < -0.4 is 14.8 Å². The van der Waals surface area contributed by atoms with Crippen molar-refractivity contribution in [3.8, 4) is 11.8 Å². The highest BCUT2D eigenvalue weighted by Crippen LogP contribution is 2.16. The number of benzene rings is 2. The summed E-state index contributed by atoms with van der Waals surface area (Å²) >= 11 is 4.55. The number of halogens is 2. The van der Waals surface area contributed by atoms with Gasteiger partial charge in [0.25, 0.3) is 11.5 Å². The van der Waals surface area contributed by atoms with Crippen molar-refractivity contribution in [3.05, 3.63) is 83.9 Å². The molecule has 0 bridgehead atoms. The molecular weight excluding hydrogens is 481 g/mol. The van der Waals surface area contributed by atoms with E-state index in [9.17, 15) is 19.2 Å². The van der Waals surface area contributed by atoms with Gasteiger partial charge in [-0.25, -0.2) is 4.39 Å². The van der Waals surface area contributed by atoms with Crippen LogP contribution in [0, 0.1) is 17.1 Å². The molecule has 2 aromatic carbocycles. The smallest absolute Gasteiger partial charge is 0.273 e. The molecule has 0 atom stereocenters. The molecule has 156 valence electrons. The maximum Gasteiger partial charge on any atom is 0.273 e. The second-order valence-corrected chi connectivity index (χ2v) is 8.93. The first kappa shape index (κ1) is 21.2. The Balaban J connectivity index is 2.03. The van der Waals surface area contributed by atoms with E-state index < -0.39 is 5.82 Å². The average molecular weight is 498 g/mol. The number of carbonyl (C=O) groups is 1. The van der Waals surface area contributed by atoms with Gasteiger partial charge < -0.3 is 4.90 Å². The van der Waals surface area contributed by atoms with Crippen molar-refractivity contribution in [3.63, 3.8) is 0 Å². The molecule has 0 radical (unpaired) electrons. The summed E-state index contributed by atoms with van der Waals surface area (Å²) in [7, 11) is 0. The third kappa shape index (κ3) is 4.24. The molecule has 2 heterocycles. The highest BCUT2D eigenvalue weighted by atomic mass is 79.9. The number of carbonyl (C=O) groups excluding carboxylic acids is 1. The highest BCUT2D eigenvalue weighted by molar-refractivity contribution is 9.10. The first-order chi connectivity index (χ1) is 15.0. The predicted molar refractivity (Wildman–Crippen MR) is 122 cm³/mol. The normalized spacial score (nSPS) is 15.1. The minimum atomic E-state index is -0.439. The van der Waals surface area contributed by atoms with E-state index in [1.165, 1.54) is 28.8 Å². The minimum Gasteiger partial charge on any atom is -0.338 e. The summed E-state index contributed by atoms with van der Waals surface area (Å²) in [5, 5.41) is 9.84. The summed E-state index contributed by atoms with van der Waals surface area (Å²) in [4.78, 5) is 28.0. The standard InChI is InChI=1S/C23H17BrFN3O2S/c24-19-6-2-1-5-15(19)13-20-22(30)28(17-9-7-16(25)8-10-17)23(31-20)18(14-26)21(29)27-11-3-4-12-27/h1-2,5-10,13H,3-4,11-12H2/b20-13+,23-18-. The fourth-order valence-corrected chi connectivity index (χ4v) is 4.96. The zero-order valence-electron chi connectivity index (χ0n) is 16.3. The number of aromatic nitrogens is 1. The lowest BCUT2D eigenvalue weighted by Crippen LogP contribution is -2.35. The Morgan fingerprint density at radius 2 is 1.81 bits per heavy atom. The number of amides is 1. The molecule has 0 unspecified atom stereocenters. The molecule has 1 amide bonds. The van der Waals surface area contributed by atoms with Crippen molar-refractivity contribution in [2.45, 2.75) is 12.8 Å². The van der Waals surface area contributed by atoms with Gasteiger partial charge in [0.1, 0.15) is 16.5 Å². The molecule has 4 rings (SSSR count). The Morgan fingerprint density at radius 1 is 1.13 bits per heavy atom. The summed E-state index contributed by atoms with van der Waals surface area (Å²) in [5.41, 5.74) is 0.735. The third-order valence-corrected chi connectivity index (χ3v) is 6.85. The number of hydrogen-bond acceptors (Lipinski definition) is 4. The molecular formula is C23H17BrFN3O2S. The molecule has 0 aliphatic carbocycles. The quantitative estimate of drug-likeness (QED) is 0.558. The van der Waals surface area contributed by atoms with Gasteiger partial charge in [-0.05, 0) is 54.8 Å². The Hall–Kier alpha value is -3.02. The molecule has 0 N–H and O–H groups in total. The van der Waals surface area contributed by atoms with Crippen molar-refractivity contribution in [1.29, 1.82) is 5.26 Å². The van der Waals surface area contributed by atoms with Gasteiger partial charge in [-0.15, -0.1) is 11.3 Å². The Morgan fingerprint density at radius 3 is 2.45 bits per heavy atom. The Bertz CT molecular complexity index is 1360. The van der Waals surface area contributed by atoms with Gasteiger partial charge in [0, 0.05) is 17.6 Å². The average Bonchev–Trinajstić information content (AvgIpc) is 3.40. The molecule has 8 heteroatoms. The van der Waals surface area contributed by atoms with Crippen molar-refractivity contribution in [2.24, 2.45) is 0 Å². The van der Waals surface area contributed by atoms with E-state index >= 15 is 0 Å². The zero-order valence-corrected chi connectivity index (χ0v) is 18.7. The van der Waals surface area contributed by atoms with Crippen LogP contribution in [-0.2, 0) is 4.79 Å². The fraction of sp³-hybridized carbons (Fsp3) is 0.174. The predicted octanol–water partition coefficient (Wildman–Crippen LogP) is 2.93. The first-order valence-electron chi connectivity index (χ1n) is 9.67. The SMILES string of the molecule is N#C/C(C(=O)N1CCCC1)=c1/s/c(=C/c2ccccc2Br)c(=O)n1-c1ccc(F)cc1. The number of thiazole rings is 1. The van der Waals surface area contributed by atoms with Gasteiger partial charge in [-0.2, -0.15) is 5.26 Å². The van der Waals surface area contributed by atoms with Crippen molar-refractivity contribution >= 4 is 44.8 Å². The minimum absolute atomic E-state index is 0.0832. The summed E-state index contributed by atoms with van der Waals surface area (Å²) in [6, 6.07) is 14.9. The Kier molecular flexibility index (Phi) is 6.16. The van der Waals surface area contributed by atoms with Crippen LogP contribution >= 0.6 is 27.3 Å². The van der Waals surface area contributed by atoms with E-state index in [1.54, 1.807) is 11.0 Å². The van der Waals surface area contributed by atoms with E-state index in [-0.39, 0.29) is 21.7 Å². The zero-order chi connectivity index (χ0) is 22.0. The van der Waals surface area contributed by atoms with Crippen LogP contribution in [0.4, 0.5) is 4.39 Å². The summed E-state index contributed by atoms with van der Waals surface area (Å²) in [6.45, 7) is 1.18. The van der Waals surface area contributed by atoms with Crippen LogP contribution in [0.5, 0.6) is 0 Å². The third-order valence-electron chi connectivity index (χ3n) is 5.03. The lowest BCUT2D eigenvalue weighted by molar-refractivity contribution is -0.123. The molecule has 5 nitrogen and oxygen atoms in total. The van der Waals surface area contributed by atoms with Crippen LogP contribution in [0.3, 0.4) is 0 Å². The fourth-order valence-electron chi connectivity index (χ4n) is 3.47. The van der Waals surface area contributed by atoms with E-state index in [4.69, 9.17) is 0 Å². The van der Waals surface area contributed by atoms with Crippen molar-refractivity contribution < 1.29 is 9.18 Å². The second-order valence-electron chi connectivity index (χ2n) is 7.04. The Labute approximate surface area is 190 Å². The van der Waals surface area contributed by atoms with E-state index in [2.05, 4.69) is 15.9 Å². The highest BCUT2D eigenvalue weighted by Gasteiger charge is 2.24. The molecule has 1 fully saturated rings. The number of nitrogens with zero attached hydrogens (tertiary/aromatic N) is 3. The van der Waals surface area contributed by atoms with Gasteiger partial charge in [0.2, 0.25) is 0 Å². The monoisotopic (exact) mass is 497 g/mol. The van der Waals surface area contributed by atoms with Crippen LogP contribution in [0.2, 0.25) is 0 Å². The van der Waals surface area contributed by atoms with Gasteiger partial charge in [0.05, 0.1) is 10.2 Å². The summed E-state index contributed by atoms with van der Waals surface area (Å²) < 4.78 is 16.2. The lowest BCUT2D eigenvalue weighted by Gasteiger charge is -2.14. The number of likely N-dealkylation sites (tertiary alicyclic amines) is 1. The number of rotatable bonds is 3. The van der Waals surface area contributed by atoms with Crippen LogP contribution in [-0.4, -0.2) is 28.5 Å². The van der Waals surface area contributed by atoms with E-state index in [0.29, 0.717) is 23.3 Å². The summed E-state index contributed by atoms with van der Waals surface area (Å²) in [5.74, 6) is -0.823. The molecule has 1 saturated heterocycles. The van der Waals surface area contributed by atoms with Crippen LogP contribution in [0.15, 0.2) is 57.8 Å². The molecule has 31 heavy (non-hydrogen) atoms. The molecule has 0 spiro atoms. The first-order valence-corrected chi connectivity index (χ1v) is 11.3. The molecule has 3 aromatic rings. The molecule has 1 aliphatic rings. The maximum atomic E-state index is 13.5. The topological polar surface area (TPSA) is 66.1 Å². The largest absolute Gasteiger partial charge is 0.338 e. The molecule has 0 saturated carbocycles. The van der Waals surface area contributed by atoms with Crippen LogP contribution in [0.1, 0.15) is 18.4 Å². The summed E-state index contributed by atoms with van der Waals surface area (Å²) in [6.07, 6.45) is 3.50. The van der Waals surface area contributed by atoms with Crippen molar-refractivity contribution in [1.82, 2.24) is 9.47 Å². The van der Waals surface area contributed by atoms with Crippen molar-refractivity contribution in [2.75, 3.05) is 13.1 Å². The second kappa shape index (κ2) is 9.00. The van der Waals surface area contributed by atoms with Gasteiger partial charge in [0.15, 0.2) is 5.57 Å². The maximum absolute atomic E-state index is 13.5. The van der Waals surface area contributed by atoms with Crippen LogP contribution in [0.25, 0.3) is 17.3 Å². The van der Waals surface area contributed by atoms with Gasteiger partial charge >= 0.3 is 0 Å². The molecule has 1 aliphatic heterocycles. The number of hydrogen-bond donors (Lipinski definition) is 0.